The fourth-order valence-electron chi connectivity index (χ4n) is 2.79. The second-order valence-electron chi connectivity index (χ2n) is 6.38. The topological polar surface area (TPSA) is 96.9 Å². The second kappa shape index (κ2) is 8.62. The summed E-state index contributed by atoms with van der Waals surface area (Å²) in [7, 11) is 0. The minimum atomic E-state index is -0.311. The van der Waals surface area contributed by atoms with Crippen LogP contribution in [0.1, 0.15) is 26.4 Å². The summed E-state index contributed by atoms with van der Waals surface area (Å²) in [5, 5.41) is 6.08. The summed E-state index contributed by atoms with van der Waals surface area (Å²) in [4.78, 5) is 38.6. The zero-order valence-corrected chi connectivity index (χ0v) is 16.8. The van der Waals surface area contributed by atoms with Crippen LogP contribution in [0, 0.1) is 6.92 Å². The highest BCUT2D eigenvalue weighted by Gasteiger charge is 2.14. The summed E-state index contributed by atoms with van der Waals surface area (Å²) in [6.07, 6.45) is 4.80. The first kappa shape index (κ1) is 19.4. The van der Waals surface area contributed by atoms with Gasteiger partial charge >= 0.3 is 0 Å². The van der Waals surface area contributed by atoms with E-state index in [1.807, 2.05) is 25.1 Å². The van der Waals surface area contributed by atoms with Crippen molar-refractivity contribution in [3.05, 3.63) is 90.0 Å². The Bertz CT molecular complexity index is 1190. The van der Waals surface area contributed by atoms with Crippen molar-refractivity contribution in [2.75, 3.05) is 10.6 Å². The number of hydrogen-bond acceptors (Lipinski definition) is 6. The first-order chi connectivity index (χ1) is 14.6. The molecule has 8 heteroatoms. The highest BCUT2D eigenvalue weighted by Crippen LogP contribution is 2.31. The van der Waals surface area contributed by atoms with E-state index >= 15 is 0 Å². The molecule has 7 nitrogen and oxygen atoms in total. The third-order valence-electron chi connectivity index (χ3n) is 4.22. The van der Waals surface area contributed by atoms with Crippen LogP contribution in [0.3, 0.4) is 0 Å². The summed E-state index contributed by atoms with van der Waals surface area (Å²) >= 11 is 1.37. The Morgan fingerprint density at radius 3 is 2.50 bits per heavy atom. The Labute approximate surface area is 176 Å². The van der Waals surface area contributed by atoms with E-state index in [2.05, 4.69) is 25.6 Å². The number of carbonyl (C=O) groups excluding carboxylic acids is 2. The molecular formula is C22H17N5O2S. The number of amides is 2. The maximum atomic E-state index is 12.7. The van der Waals surface area contributed by atoms with Crippen molar-refractivity contribution < 1.29 is 9.59 Å². The van der Waals surface area contributed by atoms with Gasteiger partial charge in [0.15, 0.2) is 5.13 Å². The molecule has 3 heterocycles. The van der Waals surface area contributed by atoms with E-state index in [1.54, 1.807) is 48.8 Å². The average Bonchev–Trinajstić information content (AvgIpc) is 3.15. The Hall–Kier alpha value is -3.91. The molecule has 0 radical (unpaired) electrons. The summed E-state index contributed by atoms with van der Waals surface area (Å²) in [5.74, 6) is -0.606. The van der Waals surface area contributed by atoms with E-state index in [0.29, 0.717) is 21.9 Å². The molecule has 4 aromatic rings. The van der Waals surface area contributed by atoms with Gasteiger partial charge in [-0.25, -0.2) is 4.98 Å². The molecule has 30 heavy (non-hydrogen) atoms. The van der Waals surface area contributed by atoms with Gasteiger partial charge in [0.05, 0.1) is 21.8 Å². The van der Waals surface area contributed by atoms with Gasteiger partial charge in [-0.2, -0.15) is 0 Å². The van der Waals surface area contributed by atoms with Gasteiger partial charge in [0.2, 0.25) is 0 Å². The van der Waals surface area contributed by atoms with E-state index in [0.717, 1.165) is 16.3 Å². The van der Waals surface area contributed by atoms with Crippen molar-refractivity contribution in [2.45, 2.75) is 6.92 Å². The molecule has 0 saturated carbocycles. The number of thiazole rings is 1. The smallest absolute Gasteiger partial charge is 0.257 e. The maximum Gasteiger partial charge on any atom is 0.257 e. The normalized spacial score (nSPS) is 10.4. The molecular weight excluding hydrogens is 398 g/mol. The quantitative estimate of drug-likeness (QED) is 0.503. The van der Waals surface area contributed by atoms with Crippen LogP contribution in [-0.4, -0.2) is 26.8 Å². The van der Waals surface area contributed by atoms with Crippen molar-refractivity contribution in [3.63, 3.8) is 0 Å². The number of nitrogens with one attached hydrogen (secondary N) is 2. The van der Waals surface area contributed by atoms with Crippen LogP contribution in [0.25, 0.3) is 10.6 Å². The standard InChI is InChI=1S/C22H17N5O2S/c1-14-19(18-9-2-3-11-24-18)30-22(25-14)27-20(28)15-6-4-8-17(12-15)26-21(29)16-7-5-10-23-13-16/h2-13H,1H3,(H,26,29)(H,25,27,28). The number of aryl methyl sites for hydroxylation is 1. The molecule has 4 rings (SSSR count). The van der Waals surface area contributed by atoms with Crippen molar-refractivity contribution in [2.24, 2.45) is 0 Å². The lowest BCUT2D eigenvalue weighted by molar-refractivity contribution is 0.101. The lowest BCUT2D eigenvalue weighted by Gasteiger charge is -2.07. The summed E-state index contributed by atoms with van der Waals surface area (Å²) in [6, 6.07) is 15.7. The third-order valence-corrected chi connectivity index (χ3v) is 5.32. The highest BCUT2D eigenvalue weighted by atomic mass is 32.1. The van der Waals surface area contributed by atoms with Gasteiger partial charge in [0.25, 0.3) is 11.8 Å². The molecule has 0 aliphatic heterocycles. The number of rotatable bonds is 5. The fraction of sp³-hybridized carbons (Fsp3) is 0.0455. The first-order valence-corrected chi connectivity index (χ1v) is 9.93. The van der Waals surface area contributed by atoms with Crippen LogP contribution in [-0.2, 0) is 0 Å². The number of hydrogen-bond donors (Lipinski definition) is 2. The van der Waals surface area contributed by atoms with Crippen molar-refractivity contribution in [1.29, 1.82) is 0 Å². The summed E-state index contributed by atoms with van der Waals surface area (Å²) in [5.41, 5.74) is 2.97. The number of benzene rings is 1. The second-order valence-corrected chi connectivity index (χ2v) is 7.38. The van der Waals surface area contributed by atoms with Crippen LogP contribution in [0.5, 0.6) is 0 Å². The molecule has 148 valence electrons. The molecule has 2 N–H and O–H groups in total. The SMILES string of the molecule is Cc1nc(NC(=O)c2cccc(NC(=O)c3cccnc3)c2)sc1-c1ccccn1. The molecule has 0 spiro atoms. The first-order valence-electron chi connectivity index (χ1n) is 9.12. The van der Waals surface area contributed by atoms with E-state index in [-0.39, 0.29) is 11.8 Å². The summed E-state index contributed by atoms with van der Waals surface area (Å²) < 4.78 is 0. The molecule has 2 amide bonds. The van der Waals surface area contributed by atoms with Crippen LogP contribution < -0.4 is 10.6 Å². The minimum Gasteiger partial charge on any atom is -0.322 e. The molecule has 0 fully saturated rings. The molecule has 1 aromatic carbocycles. The van der Waals surface area contributed by atoms with Gasteiger partial charge in [-0.3, -0.25) is 24.9 Å². The third kappa shape index (κ3) is 4.39. The minimum absolute atomic E-state index is 0.295. The van der Waals surface area contributed by atoms with E-state index < -0.39 is 0 Å². The van der Waals surface area contributed by atoms with E-state index in [1.165, 1.54) is 17.5 Å². The van der Waals surface area contributed by atoms with Crippen LogP contribution >= 0.6 is 11.3 Å². The van der Waals surface area contributed by atoms with Crippen molar-refractivity contribution in [1.82, 2.24) is 15.0 Å². The highest BCUT2D eigenvalue weighted by molar-refractivity contribution is 7.19. The lowest BCUT2D eigenvalue weighted by atomic mass is 10.2. The van der Waals surface area contributed by atoms with Gasteiger partial charge in [0.1, 0.15) is 0 Å². The van der Waals surface area contributed by atoms with Crippen LogP contribution in [0.2, 0.25) is 0 Å². The molecule has 0 aliphatic carbocycles. The van der Waals surface area contributed by atoms with Crippen molar-refractivity contribution in [3.8, 4) is 10.6 Å². The number of carbonyl (C=O) groups is 2. The van der Waals surface area contributed by atoms with Gasteiger partial charge in [-0.1, -0.05) is 23.5 Å². The van der Waals surface area contributed by atoms with Crippen LogP contribution in [0.15, 0.2) is 73.2 Å². The zero-order valence-electron chi connectivity index (χ0n) is 16.0. The van der Waals surface area contributed by atoms with E-state index in [9.17, 15) is 9.59 Å². The molecule has 0 saturated heterocycles. The van der Waals surface area contributed by atoms with Gasteiger partial charge in [-0.15, -0.1) is 0 Å². The van der Waals surface area contributed by atoms with E-state index in [4.69, 9.17) is 0 Å². The predicted molar refractivity (Wildman–Crippen MR) is 117 cm³/mol. The molecule has 0 aliphatic rings. The van der Waals surface area contributed by atoms with Gasteiger partial charge < -0.3 is 5.32 Å². The Balaban J connectivity index is 1.48. The molecule has 0 atom stereocenters. The van der Waals surface area contributed by atoms with Gasteiger partial charge in [0, 0.05) is 29.8 Å². The monoisotopic (exact) mass is 415 g/mol. The Morgan fingerprint density at radius 2 is 1.73 bits per heavy atom. The average molecular weight is 415 g/mol. The molecule has 3 aromatic heterocycles. The largest absolute Gasteiger partial charge is 0.322 e. The number of pyridine rings is 2. The molecule has 0 unspecified atom stereocenters. The number of anilines is 2. The maximum absolute atomic E-state index is 12.7. The number of aromatic nitrogens is 3. The fourth-order valence-corrected chi connectivity index (χ4v) is 3.73. The Morgan fingerprint density at radius 1 is 0.900 bits per heavy atom. The zero-order chi connectivity index (χ0) is 20.9. The predicted octanol–water partition coefficient (Wildman–Crippen LogP) is 4.41. The summed E-state index contributed by atoms with van der Waals surface area (Å²) in [6.45, 7) is 1.88. The molecule has 0 bridgehead atoms. The van der Waals surface area contributed by atoms with Crippen LogP contribution in [0.4, 0.5) is 10.8 Å². The Kier molecular flexibility index (Phi) is 5.58. The lowest BCUT2D eigenvalue weighted by Crippen LogP contribution is -2.14. The van der Waals surface area contributed by atoms with Crippen molar-refractivity contribution >= 4 is 34.0 Å². The van der Waals surface area contributed by atoms with Gasteiger partial charge in [-0.05, 0) is 49.4 Å². The number of nitrogens with zero attached hydrogens (tertiary/aromatic N) is 3.